The topological polar surface area (TPSA) is 39.9 Å². The van der Waals surface area contributed by atoms with Gasteiger partial charge in [-0.05, 0) is 55.2 Å². The average Bonchev–Trinajstić information content (AvgIpc) is 3.21. The highest BCUT2D eigenvalue weighted by Gasteiger charge is 2.15. The minimum absolute atomic E-state index is 0.660. The van der Waals surface area contributed by atoms with Crippen LogP contribution < -0.4 is 4.74 Å². The van der Waals surface area contributed by atoms with Crippen molar-refractivity contribution in [2.45, 2.75) is 31.3 Å². The van der Waals surface area contributed by atoms with E-state index in [0.29, 0.717) is 6.61 Å². The van der Waals surface area contributed by atoms with Crippen molar-refractivity contribution in [2.24, 2.45) is 0 Å². The smallest absolute Gasteiger partial charge is 0.195 e. The van der Waals surface area contributed by atoms with Crippen LogP contribution in [0.25, 0.3) is 5.69 Å². The number of hydrogen-bond acceptors (Lipinski definition) is 4. The predicted octanol–water partition coefficient (Wildman–Crippen LogP) is 5.98. The summed E-state index contributed by atoms with van der Waals surface area (Å²) in [4.78, 5) is 0. The molecule has 0 unspecified atom stereocenters. The molecule has 0 aliphatic carbocycles. The van der Waals surface area contributed by atoms with Crippen LogP contribution in [0.1, 0.15) is 30.3 Å². The Morgan fingerprint density at radius 1 is 0.806 bits per heavy atom. The van der Waals surface area contributed by atoms with Crippen molar-refractivity contribution in [3.05, 3.63) is 102 Å². The number of rotatable bonds is 10. The van der Waals surface area contributed by atoms with Crippen molar-refractivity contribution < 1.29 is 4.74 Å². The van der Waals surface area contributed by atoms with Gasteiger partial charge in [0.15, 0.2) is 5.16 Å². The first-order valence-electron chi connectivity index (χ1n) is 10.7. The Morgan fingerprint density at radius 3 is 2.16 bits per heavy atom. The second-order valence-corrected chi connectivity index (χ2v) is 8.32. The fourth-order valence-electron chi connectivity index (χ4n) is 3.49. The van der Waals surface area contributed by atoms with Gasteiger partial charge in [-0.25, -0.2) is 0 Å². The fraction of sp³-hybridized carbons (Fsp3) is 0.231. The summed E-state index contributed by atoms with van der Waals surface area (Å²) in [6, 6.07) is 29.2. The van der Waals surface area contributed by atoms with Crippen LogP contribution in [0, 0.1) is 0 Å². The Morgan fingerprint density at radius 2 is 1.48 bits per heavy atom. The van der Waals surface area contributed by atoms with E-state index < -0.39 is 0 Å². The molecular weight excluding hydrogens is 402 g/mol. The zero-order valence-corrected chi connectivity index (χ0v) is 18.6. The number of nitrogens with zero attached hydrogens (tertiary/aromatic N) is 3. The van der Waals surface area contributed by atoms with E-state index in [0.717, 1.165) is 47.4 Å². The highest BCUT2D eigenvalue weighted by molar-refractivity contribution is 7.99. The molecule has 0 fully saturated rings. The first-order valence-corrected chi connectivity index (χ1v) is 11.7. The number of benzene rings is 3. The third-order valence-corrected chi connectivity index (χ3v) is 6.01. The second-order valence-electron chi connectivity index (χ2n) is 7.26. The van der Waals surface area contributed by atoms with Gasteiger partial charge in [0.2, 0.25) is 0 Å². The maximum atomic E-state index is 5.61. The molecule has 4 aromatic rings. The first kappa shape index (κ1) is 21.2. The molecule has 1 heterocycles. The van der Waals surface area contributed by atoms with E-state index in [-0.39, 0.29) is 0 Å². The van der Waals surface area contributed by atoms with Gasteiger partial charge in [-0.2, -0.15) is 0 Å². The van der Waals surface area contributed by atoms with Gasteiger partial charge in [-0.1, -0.05) is 72.4 Å². The zero-order chi connectivity index (χ0) is 21.3. The van der Waals surface area contributed by atoms with Gasteiger partial charge < -0.3 is 4.74 Å². The van der Waals surface area contributed by atoms with Gasteiger partial charge in [0.1, 0.15) is 11.6 Å². The van der Waals surface area contributed by atoms with Crippen LogP contribution in [-0.2, 0) is 12.8 Å². The summed E-state index contributed by atoms with van der Waals surface area (Å²) in [6.07, 6.45) is 2.91. The van der Waals surface area contributed by atoms with Crippen LogP contribution in [0.4, 0.5) is 0 Å². The molecule has 0 amide bonds. The van der Waals surface area contributed by atoms with Crippen LogP contribution in [0.2, 0.25) is 0 Å². The van der Waals surface area contributed by atoms with Gasteiger partial charge in [0.05, 0.1) is 6.61 Å². The molecule has 0 aliphatic rings. The molecule has 0 aliphatic heterocycles. The SMILES string of the molecule is CCOc1ccc(-n2c(Cc3ccccc3)nnc2SCCCc2ccccc2)cc1. The summed E-state index contributed by atoms with van der Waals surface area (Å²) in [5.74, 6) is 2.82. The zero-order valence-electron chi connectivity index (χ0n) is 17.8. The van der Waals surface area contributed by atoms with E-state index in [1.165, 1.54) is 11.1 Å². The minimum atomic E-state index is 0.660. The first-order chi connectivity index (χ1) is 15.3. The third-order valence-electron chi connectivity index (χ3n) is 5.00. The predicted molar refractivity (Wildman–Crippen MR) is 127 cm³/mol. The number of hydrogen-bond donors (Lipinski definition) is 0. The van der Waals surface area contributed by atoms with Gasteiger partial charge >= 0.3 is 0 Å². The Kier molecular flexibility index (Phi) is 7.40. The second kappa shape index (κ2) is 10.8. The monoisotopic (exact) mass is 429 g/mol. The maximum Gasteiger partial charge on any atom is 0.195 e. The number of aromatic nitrogens is 3. The van der Waals surface area contributed by atoms with E-state index in [9.17, 15) is 0 Å². The van der Waals surface area contributed by atoms with Crippen LogP contribution in [0.15, 0.2) is 90.1 Å². The fourth-order valence-corrected chi connectivity index (χ4v) is 4.40. The summed E-state index contributed by atoms with van der Waals surface area (Å²) in [7, 11) is 0. The van der Waals surface area contributed by atoms with Crippen LogP contribution in [0.5, 0.6) is 5.75 Å². The summed E-state index contributed by atoms with van der Waals surface area (Å²) >= 11 is 1.77. The van der Waals surface area contributed by atoms with Crippen LogP contribution in [0.3, 0.4) is 0 Å². The molecule has 0 atom stereocenters. The molecule has 0 spiro atoms. The van der Waals surface area contributed by atoms with Crippen molar-refractivity contribution in [2.75, 3.05) is 12.4 Å². The number of aryl methyl sites for hydroxylation is 1. The summed E-state index contributed by atoms with van der Waals surface area (Å²) in [6.45, 7) is 2.66. The Balaban J connectivity index is 1.52. The molecule has 5 heteroatoms. The van der Waals surface area contributed by atoms with Gasteiger partial charge in [-0.15, -0.1) is 10.2 Å². The molecule has 4 nitrogen and oxygen atoms in total. The summed E-state index contributed by atoms with van der Waals surface area (Å²) in [5, 5.41) is 10.0. The van der Waals surface area contributed by atoms with E-state index in [1.807, 2.05) is 25.1 Å². The van der Waals surface area contributed by atoms with E-state index in [4.69, 9.17) is 4.74 Å². The lowest BCUT2D eigenvalue weighted by molar-refractivity contribution is 0.340. The standard InChI is InChI=1S/C26H27N3OS/c1-2-30-24-17-15-23(16-18-24)29-25(20-22-12-7-4-8-13-22)27-28-26(29)31-19-9-14-21-10-5-3-6-11-21/h3-8,10-13,15-18H,2,9,14,19-20H2,1H3. The molecule has 0 N–H and O–H groups in total. The molecule has 0 bridgehead atoms. The van der Waals surface area contributed by atoms with Gasteiger partial charge in [-0.3, -0.25) is 4.57 Å². The maximum absolute atomic E-state index is 5.61. The van der Waals surface area contributed by atoms with Crippen molar-refractivity contribution in [1.82, 2.24) is 14.8 Å². The summed E-state index contributed by atoms with van der Waals surface area (Å²) in [5.41, 5.74) is 3.66. The van der Waals surface area contributed by atoms with Crippen molar-refractivity contribution in [3.63, 3.8) is 0 Å². The number of thioether (sulfide) groups is 1. The normalized spacial score (nSPS) is 10.9. The van der Waals surface area contributed by atoms with Crippen LogP contribution in [-0.4, -0.2) is 27.1 Å². The minimum Gasteiger partial charge on any atom is -0.494 e. The van der Waals surface area contributed by atoms with E-state index >= 15 is 0 Å². The quantitative estimate of drug-likeness (QED) is 0.230. The van der Waals surface area contributed by atoms with Crippen molar-refractivity contribution >= 4 is 11.8 Å². The molecule has 158 valence electrons. The van der Waals surface area contributed by atoms with Crippen molar-refractivity contribution in [3.8, 4) is 11.4 Å². The lowest BCUT2D eigenvalue weighted by Crippen LogP contribution is -2.04. The Hall–Kier alpha value is -3.05. The molecule has 3 aromatic carbocycles. The van der Waals surface area contributed by atoms with Gasteiger partial charge in [0, 0.05) is 17.9 Å². The highest BCUT2D eigenvalue weighted by Crippen LogP contribution is 2.26. The molecule has 0 saturated heterocycles. The Bertz CT molecular complexity index is 1060. The van der Waals surface area contributed by atoms with Gasteiger partial charge in [0.25, 0.3) is 0 Å². The lowest BCUT2D eigenvalue weighted by atomic mass is 10.1. The highest BCUT2D eigenvalue weighted by atomic mass is 32.2. The third kappa shape index (κ3) is 5.76. The molecule has 0 saturated carbocycles. The Labute approximate surface area is 188 Å². The number of ether oxygens (including phenoxy) is 1. The molecule has 0 radical (unpaired) electrons. The lowest BCUT2D eigenvalue weighted by Gasteiger charge is -2.11. The molecular formula is C26H27N3OS. The summed E-state index contributed by atoms with van der Waals surface area (Å²) < 4.78 is 7.79. The molecule has 1 aromatic heterocycles. The van der Waals surface area contributed by atoms with Crippen LogP contribution >= 0.6 is 11.8 Å². The van der Waals surface area contributed by atoms with E-state index in [1.54, 1.807) is 11.8 Å². The molecule has 4 rings (SSSR count). The largest absolute Gasteiger partial charge is 0.494 e. The van der Waals surface area contributed by atoms with Crippen molar-refractivity contribution in [1.29, 1.82) is 0 Å². The van der Waals surface area contributed by atoms with E-state index in [2.05, 4.69) is 81.5 Å². The molecule has 31 heavy (non-hydrogen) atoms. The average molecular weight is 430 g/mol.